The van der Waals surface area contributed by atoms with Crippen LogP contribution in [0.3, 0.4) is 0 Å². The fourth-order valence-electron chi connectivity index (χ4n) is 1.77. The van der Waals surface area contributed by atoms with E-state index < -0.39 is 5.60 Å². The number of hydrogen-bond acceptors (Lipinski definition) is 2. The second kappa shape index (κ2) is 5.87. The molecule has 0 aromatic heterocycles. The van der Waals surface area contributed by atoms with Crippen LogP contribution >= 0.6 is 23.2 Å². The van der Waals surface area contributed by atoms with Crippen LogP contribution in [-0.4, -0.2) is 17.3 Å². The summed E-state index contributed by atoms with van der Waals surface area (Å²) in [4.78, 5) is 0. The molecule has 0 aliphatic heterocycles. The van der Waals surface area contributed by atoms with Crippen LogP contribution < -0.4 is 5.73 Å². The Morgan fingerprint density at radius 3 is 2.62 bits per heavy atom. The van der Waals surface area contributed by atoms with Gasteiger partial charge in [-0.3, -0.25) is 0 Å². The molecule has 0 heterocycles. The van der Waals surface area contributed by atoms with Gasteiger partial charge in [0.2, 0.25) is 0 Å². The Balaban J connectivity index is 2.90. The quantitative estimate of drug-likeness (QED) is 0.856. The van der Waals surface area contributed by atoms with E-state index in [-0.39, 0.29) is 6.54 Å². The molecular weight excluding hydrogens is 245 g/mol. The van der Waals surface area contributed by atoms with Crippen LogP contribution in [0.4, 0.5) is 0 Å². The first-order valence-electron chi connectivity index (χ1n) is 5.38. The summed E-state index contributed by atoms with van der Waals surface area (Å²) in [6, 6.07) is 5.42. The fourth-order valence-corrected chi connectivity index (χ4v) is 2.15. The lowest BCUT2D eigenvalue weighted by atomic mass is 9.90. The Kier molecular flexibility index (Phi) is 5.06. The van der Waals surface area contributed by atoms with Gasteiger partial charge in [-0.1, -0.05) is 48.7 Å². The molecule has 2 nitrogen and oxygen atoms in total. The van der Waals surface area contributed by atoms with E-state index in [4.69, 9.17) is 28.9 Å². The highest BCUT2D eigenvalue weighted by atomic mass is 35.5. The van der Waals surface area contributed by atoms with Gasteiger partial charge in [0.1, 0.15) is 0 Å². The van der Waals surface area contributed by atoms with Crippen molar-refractivity contribution in [2.45, 2.75) is 31.8 Å². The summed E-state index contributed by atoms with van der Waals surface area (Å²) in [6.07, 6.45) is 1.98. The Labute approximate surface area is 106 Å². The third kappa shape index (κ3) is 3.36. The average molecular weight is 262 g/mol. The van der Waals surface area contributed by atoms with Gasteiger partial charge < -0.3 is 10.8 Å². The summed E-state index contributed by atoms with van der Waals surface area (Å²) in [6.45, 7) is 2.24. The number of halogens is 2. The molecule has 4 heteroatoms. The first-order chi connectivity index (χ1) is 7.52. The van der Waals surface area contributed by atoms with E-state index in [0.717, 1.165) is 12.0 Å². The maximum atomic E-state index is 10.3. The molecule has 1 atom stereocenters. The zero-order chi connectivity index (χ0) is 12.2. The minimum atomic E-state index is -0.886. The van der Waals surface area contributed by atoms with Crippen LogP contribution in [0.1, 0.15) is 25.3 Å². The van der Waals surface area contributed by atoms with Crippen molar-refractivity contribution < 1.29 is 5.11 Å². The van der Waals surface area contributed by atoms with Crippen molar-refractivity contribution in [3.05, 3.63) is 33.8 Å². The molecule has 0 aliphatic rings. The third-order valence-corrected chi connectivity index (χ3v) is 3.50. The second-order valence-corrected chi connectivity index (χ2v) is 4.85. The lowest BCUT2D eigenvalue weighted by Crippen LogP contribution is -2.39. The summed E-state index contributed by atoms with van der Waals surface area (Å²) in [5.41, 5.74) is 5.56. The SMILES string of the molecule is CCCC(O)(CN)Cc1cccc(Cl)c1Cl. The smallest absolute Gasteiger partial charge is 0.0809 e. The Morgan fingerprint density at radius 2 is 2.06 bits per heavy atom. The van der Waals surface area contributed by atoms with Crippen molar-refractivity contribution in [2.24, 2.45) is 5.73 Å². The summed E-state index contributed by atoms with van der Waals surface area (Å²) >= 11 is 12.0. The zero-order valence-corrected chi connectivity index (χ0v) is 10.9. The summed E-state index contributed by atoms with van der Waals surface area (Å²) < 4.78 is 0. The van der Waals surface area contributed by atoms with Gasteiger partial charge in [0.05, 0.1) is 15.6 Å². The van der Waals surface area contributed by atoms with Crippen LogP contribution in [0, 0.1) is 0 Å². The van der Waals surface area contributed by atoms with Gasteiger partial charge in [0.15, 0.2) is 0 Å². The summed E-state index contributed by atoms with van der Waals surface area (Å²) in [7, 11) is 0. The van der Waals surface area contributed by atoms with Gasteiger partial charge >= 0.3 is 0 Å². The van der Waals surface area contributed by atoms with Crippen molar-refractivity contribution in [3.63, 3.8) is 0 Å². The number of benzene rings is 1. The van der Waals surface area contributed by atoms with Crippen LogP contribution in [0.25, 0.3) is 0 Å². The molecule has 1 aromatic carbocycles. The number of rotatable bonds is 5. The molecule has 0 aliphatic carbocycles. The third-order valence-electron chi connectivity index (χ3n) is 2.65. The topological polar surface area (TPSA) is 46.2 Å². The van der Waals surface area contributed by atoms with Crippen molar-refractivity contribution in [3.8, 4) is 0 Å². The van der Waals surface area contributed by atoms with Gasteiger partial charge in [-0.2, -0.15) is 0 Å². The highest BCUT2D eigenvalue weighted by Crippen LogP contribution is 2.29. The van der Waals surface area contributed by atoms with Crippen LogP contribution in [0.2, 0.25) is 10.0 Å². The molecule has 1 rings (SSSR count). The van der Waals surface area contributed by atoms with Crippen LogP contribution in [0.5, 0.6) is 0 Å². The normalized spacial score (nSPS) is 14.8. The van der Waals surface area contributed by atoms with Gasteiger partial charge in [-0.05, 0) is 18.1 Å². The van der Waals surface area contributed by atoms with E-state index >= 15 is 0 Å². The maximum Gasteiger partial charge on any atom is 0.0809 e. The summed E-state index contributed by atoms with van der Waals surface area (Å²) in [5, 5.41) is 11.3. The molecule has 0 saturated heterocycles. The highest BCUT2D eigenvalue weighted by Gasteiger charge is 2.25. The minimum absolute atomic E-state index is 0.226. The van der Waals surface area contributed by atoms with Crippen molar-refractivity contribution in [1.82, 2.24) is 0 Å². The van der Waals surface area contributed by atoms with E-state index in [1.807, 2.05) is 19.1 Å². The number of hydrogen-bond donors (Lipinski definition) is 2. The van der Waals surface area contributed by atoms with Gasteiger partial charge in [-0.15, -0.1) is 0 Å². The molecule has 0 radical (unpaired) electrons. The molecule has 0 saturated carbocycles. The second-order valence-electron chi connectivity index (χ2n) is 4.07. The predicted molar refractivity (Wildman–Crippen MR) is 69.1 cm³/mol. The first kappa shape index (κ1) is 13.8. The molecule has 0 fully saturated rings. The van der Waals surface area contributed by atoms with Crippen LogP contribution in [0.15, 0.2) is 18.2 Å². The van der Waals surface area contributed by atoms with Gasteiger partial charge in [0, 0.05) is 13.0 Å². The first-order valence-corrected chi connectivity index (χ1v) is 6.13. The molecular formula is C12H17Cl2NO. The standard InChI is InChI=1S/C12H17Cl2NO/c1-2-6-12(16,8-15)7-9-4-3-5-10(13)11(9)14/h3-5,16H,2,6-8,15H2,1H3. The van der Waals surface area contributed by atoms with E-state index in [1.165, 1.54) is 0 Å². The lowest BCUT2D eigenvalue weighted by Gasteiger charge is -2.26. The molecule has 16 heavy (non-hydrogen) atoms. The van der Waals surface area contributed by atoms with E-state index in [9.17, 15) is 5.11 Å². The monoisotopic (exact) mass is 261 g/mol. The van der Waals surface area contributed by atoms with E-state index in [1.54, 1.807) is 6.07 Å². The summed E-state index contributed by atoms with van der Waals surface area (Å²) in [5.74, 6) is 0. The molecule has 1 unspecified atom stereocenters. The minimum Gasteiger partial charge on any atom is -0.388 e. The van der Waals surface area contributed by atoms with Crippen LogP contribution in [-0.2, 0) is 6.42 Å². The zero-order valence-electron chi connectivity index (χ0n) is 9.34. The van der Waals surface area contributed by atoms with Gasteiger partial charge in [0.25, 0.3) is 0 Å². The molecule has 90 valence electrons. The molecule has 1 aromatic rings. The van der Waals surface area contributed by atoms with Gasteiger partial charge in [-0.25, -0.2) is 0 Å². The lowest BCUT2D eigenvalue weighted by molar-refractivity contribution is 0.0399. The average Bonchev–Trinajstić information content (AvgIpc) is 2.25. The fraction of sp³-hybridized carbons (Fsp3) is 0.500. The largest absolute Gasteiger partial charge is 0.388 e. The predicted octanol–water partition coefficient (Wildman–Crippen LogP) is 3.03. The van der Waals surface area contributed by atoms with Crippen molar-refractivity contribution in [1.29, 1.82) is 0 Å². The molecule has 0 bridgehead atoms. The highest BCUT2D eigenvalue weighted by molar-refractivity contribution is 6.42. The Bertz CT molecular complexity index is 357. The van der Waals surface area contributed by atoms with Crippen molar-refractivity contribution >= 4 is 23.2 Å². The molecule has 3 N–H and O–H groups in total. The molecule has 0 spiro atoms. The Hall–Kier alpha value is -0.280. The number of nitrogens with two attached hydrogens (primary N) is 1. The van der Waals surface area contributed by atoms with Crippen molar-refractivity contribution in [2.75, 3.05) is 6.54 Å². The maximum absolute atomic E-state index is 10.3. The Morgan fingerprint density at radius 1 is 1.38 bits per heavy atom. The van der Waals surface area contributed by atoms with E-state index in [0.29, 0.717) is 22.9 Å². The number of aliphatic hydroxyl groups is 1. The van der Waals surface area contributed by atoms with E-state index in [2.05, 4.69) is 0 Å². The molecule has 0 amide bonds.